The Morgan fingerprint density at radius 1 is 1.19 bits per heavy atom. The van der Waals surface area contributed by atoms with Crippen molar-refractivity contribution in [3.8, 4) is 17.2 Å². The average molecular weight is 503 g/mol. The second-order valence-corrected chi connectivity index (χ2v) is 9.13. The molecule has 2 aromatic heterocycles. The highest BCUT2D eigenvalue weighted by atomic mass is 19.4. The summed E-state index contributed by atoms with van der Waals surface area (Å²) in [5, 5.41) is 6.12. The Morgan fingerprint density at radius 2 is 1.94 bits per heavy atom. The molecule has 2 saturated carbocycles. The zero-order chi connectivity index (χ0) is 25.7. The third kappa shape index (κ3) is 4.60. The molecule has 1 aromatic carbocycles. The van der Waals surface area contributed by atoms with Crippen LogP contribution in [-0.2, 0) is 17.5 Å². The first-order chi connectivity index (χ1) is 17.1. The average Bonchev–Trinajstić information content (AvgIpc) is 3.79. The lowest BCUT2D eigenvalue weighted by molar-refractivity contribution is -0.141. The Labute approximate surface area is 203 Å². The Morgan fingerprint density at radius 3 is 2.56 bits per heavy atom. The van der Waals surface area contributed by atoms with Gasteiger partial charge in [-0.15, -0.1) is 0 Å². The van der Waals surface area contributed by atoms with E-state index in [2.05, 4.69) is 20.6 Å². The molecule has 0 bridgehead atoms. The molecule has 2 aliphatic carbocycles. The quantitative estimate of drug-likeness (QED) is 0.430. The highest BCUT2D eigenvalue weighted by molar-refractivity contribution is 5.98. The predicted octanol–water partition coefficient (Wildman–Crippen LogP) is 3.16. The second-order valence-electron chi connectivity index (χ2n) is 9.13. The fraction of sp³-hybridized carbons (Fsp3) is 0.417. The van der Waals surface area contributed by atoms with Crippen LogP contribution in [0.1, 0.15) is 47.6 Å². The zero-order valence-corrected chi connectivity index (χ0v) is 19.4. The molecule has 0 radical (unpaired) electrons. The monoisotopic (exact) mass is 503 g/mol. The first kappa shape index (κ1) is 24.0. The van der Waals surface area contributed by atoms with Crippen LogP contribution in [0.15, 0.2) is 28.7 Å². The molecule has 36 heavy (non-hydrogen) atoms. The Kier molecular flexibility index (Phi) is 5.86. The number of ether oxygens (including phenoxy) is 1. The van der Waals surface area contributed by atoms with Gasteiger partial charge in [0, 0.05) is 23.4 Å². The van der Waals surface area contributed by atoms with Gasteiger partial charge in [0.05, 0.1) is 19.2 Å². The summed E-state index contributed by atoms with van der Waals surface area (Å²) in [7, 11) is 1.33. The summed E-state index contributed by atoms with van der Waals surface area (Å²) in [6, 6.07) is 5.15. The number of methoxy groups -OCH3 is 1. The molecule has 2 fully saturated rings. The first-order valence-electron chi connectivity index (χ1n) is 11.5. The van der Waals surface area contributed by atoms with Gasteiger partial charge in [-0.25, -0.2) is 9.97 Å². The summed E-state index contributed by atoms with van der Waals surface area (Å²) in [5.41, 5.74) is 4.48. The molecule has 9 nitrogen and oxygen atoms in total. The predicted molar refractivity (Wildman–Crippen MR) is 122 cm³/mol. The lowest BCUT2D eigenvalue weighted by atomic mass is 10.1. The molecule has 0 atom stereocenters. The minimum absolute atomic E-state index is 0.00410. The number of alkyl halides is 3. The number of nitrogens with zero attached hydrogens (tertiary/aromatic N) is 2. The molecule has 0 unspecified atom stereocenters. The minimum atomic E-state index is -4.63. The number of rotatable bonds is 8. The van der Waals surface area contributed by atoms with Crippen LogP contribution in [-0.4, -0.2) is 41.0 Å². The lowest BCUT2D eigenvalue weighted by Crippen LogP contribution is -2.46. The van der Waals surface area contributed by atoms with Gasteiger partial charge in [-0.3, -0.25) is 9.59 Å². The van der Waals surface area contributed by atoms with Crippen molar-refractivity contribution < 1.29 is 31.9 Å². The lowest BCUT2D eigenvalue weighted by Gasteiger charge is -2.17. The van der Waals surface area contributed by atoms with Crippen LogP contribution in [0.25, 0.3) is 22.4 Å². The third-order valence-corrected chi connectivity index (χ3v) is 6.44. The molecule has 190 valence electrons. The number of carbonyl (C=O) groups is 2. The number of benzene rings is 1. The Hall–Kier alpha value is -3.67. The minimum Gasteiger partial charge on any atom is -0.494 e. The van der Waals surface area contributed by atoms with Gasteiger partial charge in [-0.2, -0.15) is 13.2 Å². The maximum absolute atomic E-state index is 13.2. The standard InChI is InChI=1S/C24H24F3N5O4/c1-35-15-6-4-14(13-5-7-17(24(25,26)27)30-18(13)15)22-31-19(16(10-28)36-22)21(34)32-23(8-9-23)11-29-20(33)12-2-3-12/h4-7,12H,2-3,8-11,28H2,1H3,(H,29,33)(H,32,34). The molecule has 0 saturated heterocycles. The number of halogens is 3. The van der Waals surface area contributed by atoms with E-state index in [-0.39, 0.29) is 47.0 Å². The van der Waals surface area contributed by atoms with Gasteiger partial charge in [-0.1, -0.05) is 0 Å². The van der Waals surface area contributed by atoms with Crippen molar-refractivity contribution in [1.82, 2.24) is 20.6 Å². The second kappa shape index (κ2) is 8.77. The van der Waals surface area contributed by atoms with Crippen molar-refractivity contribution in [3.63, 3.8) is 0 Å². The summed E-state index contributed by atoms with van der Waals surface area (Å²) >= 11 is 0. The molecule has 3 aromatic rings. The number of amides is 2. The van der Waals surface area contributed by atoms with E-state index >= 15 is 0 Å². The molecular weight excluding hydrogens is 479 g/mol. The number of oxazole rings is 1. The van der Waals surface area contributed by atoms with Gasteiger partial charge in [0.15, 0.2) is 11.5 Å². The summed E-state index contributed by atoms with van der Waals surface area (Å²) in [6.45, 7) is 0.207. The van der Waals surface area contributed by atoms with Crippen LogP contribution in [0.2, 0.25) is 0 Å². The van der Waals surface area contributed by atoms with Gasteiger partial charge < -0.3 is 25.5 Å². The summed E-state index contributed by atoms with van der Waals surface area (Å²) in [4.78, 5) is 33.1. The van der Waals surface area contributed by atoms with Gasteiger partial charge in [0.2, 0.25) is 11.8 Å². The number of nitrogens with two attached hydrogens (primary N) is 1. The van der Waals surface area contributed by atoms with Crippen molar-refractivity contribution >= 4 is 22.7 Å². The fourth-order valence-electron chi connectivity index (χ4n) is 4.03. The molecule has 2 amide bonds. The maximum atomic E-state index is 13.2. The molecule has 12 heteroatoms. The molecule has 2 aliphatic rings. The SMILES string of the molecule is COc1ccc(-c2nc(C(=O)NC3(CNC(=O)C4CC4)CC3)c(CN)o2)c2ccc(C(F)(F)F)nc12. The number of nitrogens with one attached hydrogen (secondary N) is 2. The van der Waals surface area contributed by atoms with E-state index in [0.717, 1.165) is 18.9 Å². The van der Waals surface area contributed by atoms with E-state index in [1.165, 1.54) is 19.2 Å². The molecule has 5 rings (SSSR count). The molecule has 0 aliphatic heterocycles. The summed E-state index contributed by atoms with van der Waals surface area (Å²) < 4.78 is 50.7. The highest BCUT2D eigenvalue weighted by Crippen LogP contribution is 2.38. The number of fused-ring (bicyclic) bond motifs is 1. The van der Waals surface area contributed by atoms with E-state index in [1.807, 2.05) is 0 Å². The van der Waals surface area contributed by atoms with Crippen molar-refractivity contribution in [2.75, 3.05) is 13.7 Å². The van der Waals surface area contributed by atoms with Gasteiger partial charge in [-0.05, 0) is 49.9 Å². The van der Waals surface area contributed by atoms with Gasteiger partial charge in [0.1, 0.15) is 17.0 Å². The van der Waals surface area contributed by atoms with Crippen LogP contribution in [0.3, 0.4) is 0 Å². The smallest absolute Gasteiger partial charge is 0.433 e. The molecule has 2 heterocycles. The zero-order valence-electron chi connectivity index (χ0n) is 19.4. The summed E-state index contributed by atoms with van der Waals surface area (Å²) in [6.07, 6.45) is -1.43. The number of aromatic nitrogens is 2. The van der Waals surface area contributed by atoms with Crippen LogP contribution < -0.4 is 21.1 Å². The molecule has 4 N–H and O–H groups in total. The van der Waals surface area contributed by atoms with E-state index in [9.17, 15) is 22.8 Å². The van der Waals surface area contributed by atoms with E-state index in [0.29, 0.717) is 30.3 Å². The Bertz CT molecular complexity index is 1350. The normalized spacial score (nSPS) is 16.6. The van der Waals surface area contributed by atoms with Crippen LogP contribution in [0.4, 0.5) is 13.2 Å². The van der Waals surface area contributed by atoms with Crippen LogP contribution in [0, 0.1) is 5.92 Å². The topological polar surface area (TPSA) is 132 Å². The first-order valence-corrected chi connectivity index (χ1v) is 11.5. The van der Waals surface area contributed by atoms with Gasteiger partial charge >= 0.3 is 6.18 Å². The number of carbonyl (C=O) groups excluding carboxylic acids is 2. The number of pyridine rings is 1. The number of hydrogen-bond donors (Lipinski definition) is 3. The maximum Gasteiger partial charge on any atom is 0.433 e. The summed E-state index contributed by atoms with van der Waals surface area (Å²) in [5.74, 6) is -0.146. The van der Waals surface area contributed by atoms with Crippen molar-refractivity contribution in [1.29, 1.82) is 0 Å². The van der Waals surface area contributed by atoms with Crippen molar-refractivity contribution in [3.05, 3.63) is 41.4 Å². The van der Waals surface area contributed by atoms with Crippen molar-refractivity contribution in [2.45, 2.75) is 43.9 Å². The third-order valence-electron chi connectivity index (χ3n) is 6.44. The van der Waals surface area contributed by atoms with Crippen LogP contribution >= 0.6 is 0 Å². The van der Waals surface area contributed by atoms with Gasteiger partial charge in [0.25, 0.3) is 5.91 Å². The van der Waals surface area contributed by atoms with Crippen molar-refractivity contribution in [2.24, 2.45) is 11.7 Å². The highest BCUT2D eigenvalue weighted by Gasteiger charge is 2.46. The van der Waals surface area contributed by atoms with E-state index in [4.69, 9.17) is 14.9 Å². The van der Waals surface area contributed by atoms with E-state index in [1.54, 1.807) is 6.07 Å². The van der Waals surface area contributed by atoms with E-state index < -0.39 is 23.3 Å². The number of hydrogen-bond acceptors (Lipinski definition) is 7. The molecule has 0 spiro atoms. The Balaban J connectivity index is 1.44. The fourth-order valence-corrected chi connectivity index (χ4v) is 4.03. The van der Waals surface area contributed by atoms with Crippen LogP contribution in [0.5, 0.6) is 5.75 Å². The molecular formula is C24H24F3N5O4. The largest absolute Gasteiger partial charge is 0.494 e.